The van der Waals surface area contributed by atoms with Gasteiger partial charge in [-0.05, 0) is 33.2 Å². The van der Waals surface area contributed by atoms with Gasteiger partial charge in [-0.3, -0.25) is 15.0 Å². The van der Waals surface area contributed by atoms with Crippen molar-refractivity contribution < 1.29 is 0 Å². The lowest BCUT2D eigenvalue weighted by Crippen LogP contribution is -2.33. The topological polar surface area (TPSA) is 82.6 Å². The van der Waals surface area contributed by atoms with Crippen LogP contribution in [0.4, 0.5) is 11.6 Å². The molecule has 26 heavy (non-hydrogen) atoms. The van der Waals surface area contributed by atoms with Gasteiger partial charge in [-0.15, -0.1) is 11.3 Å². The first-order valence-corrected chi connectivity index (χ1v) is 9.81. The fourth-order valence-corrected chi connectivity index (χ4v) is 4.02. The summed E-state index contributed by atoms with van der Waals surface area (Å²) in [6.07, 6.45) is 7.16. The van der Waals surface area contributed by atoms with Crippen LogP contribution in [0.15, 0.2) is 23.8 Å². The number of rotatable bonds is 5. The maximum atomic E-state index is 4.81. The first-order chi connectivity index (χ1) is 12.7. The number of H-pyrrole nitrogens is 1. The van der Waals surface area contributed by atoms with Crippen molar-refractivity contribution in [2.24, 2.45) is 0 Å². The van der Waals surface area contributed by atoms with Gasteiger partial charge in [0.2, 0.25) is 0 Å². The highest BCUT2D eigenvalue weighted by Crippen LogP contribution is 2.31. The van der Waals surface area contributed by atoms with Crippen molar-refractivity contribution in [1.82, 2.24) is 30.0 Å². The molecule has 0 saturated carbocycles. The van der Waals surface area contributed by atoms with Gasteiger partial charge in [-0.1, -0.05) is 6.42 Å². The Kier molecular flexibility index (Phi) is 4.94. The summed E-state index contributed by atoms with van der Waals surface area (Å²) in [5.74, 6) is 1.48. The minimum Gasteiger partial charge on any atom is -0.322 e. The molecule has 3 aromatic heterocycles. The number of nitrogens with zero attached hydrogens (tertiary/aromatic N) is 5. The number of hydrogen-bond donors (Lipinski definition) is 2. The molecule has 3 aromatic rings. The van der Waals surface area contributed by atoms with Crippen molar-refractivity contribution in [3.8, 4) is 0 Å². The number of thiazole rings is 1. The molecule has 0 aliphatic carbocycles. The summed E-state index contributed by atoms with van der Waals surface area (Å²) in [6, 6.07) is 2.23. The van der Waals surface area contributed by atoms with E-state index in [-0.39, 0.29) is 6.04 Å². The Labute approximate surface area is 156 Å². The van der Waals surface area contributed by atoms with Crippen LogP contribution in [0.25, 0.3) is 0 Å². The number of piperidine rings is 1. The van der Waals surface area contributed by atoms with Gasteiger partial charge < -0.3 is 5.32 Å². The van der Waals surface area contributed by atoms with Gasteiger partial charge >= 0.3 is 0 Å². The standard InChI is InChI=1S/C18H23N7S/c1-12-7-17(24-23-12)22-18-9-19-8-15(21-18)16-5-3-4-6-25(16)10-14-11-26-13(2)20-14/h7-9,11,16H,3-6,10H2,1-2H3,(H2,21,22,23,24). The molecule has 8 heteroatoms. The summed E-state index contributed by atoms with van der Waals surface area (Å²) in [7, 11) is 0. The molecule has 2 N–H and O–H groups in total. The van der Waals surface area contributed by atoms with E-state index >= 15 is 0 Å². The Morgan fingerprint density at radius 1 is 1.23 bits per heavy atom. The summed E-state index contributed by atoms with van der Waals surface area (Å²) in [5, 5.41) is 13.6. The Morgan fingerprint density at radius 2 is 2.15 bits per heavy atom. The van der Waals surface area contributed by atoms with Crippen molar-refractivity contribution in [2.75, 3.05) is 11.9 Å². The molecule has 1 saturated heterocycles. The van der Waals surface area contributed by atoms with Crippen molar-refractivity contribution in [2.45, 2.75) is 45.7 Å². The van der Waals surface area contributed by atoms with Crippen LogP contribution in [0.2, 0.25) is 0 Å². The number of hydrogen-bond acceptors (Lipinski definition) is 7. The van der Waals surface area contributed by atoms with Crippen LogP contribution < -0.4 is 5.32 Å². The third-order valence-corrected chi connectivity index (χ3v) is 5.42. The molecule has 4 rings (SSSR count). The molecule has 0 amide bonds. The summed E-state index contributed by atoms with van der Waals surface area (Å²) >= 11 is 1.71. The Bertz CT molecular complexity index is 872. The predicted octanol–water partition coefficient (Wildman–Crippen LogP) is 3.74. The van der Waals surface area contributed by atoms with E-state index in [1.807, 2.05) is 19.2 Å². The maximum Gasteiger partial charge on any atom is 0.153 e. The third kappa shape index (κ3) is 3.91. The lowest BCUT2D eigenvalue weighted by Gasteiger charge is -2.34. The number of likely N-dealkylation sites (tertiary alicyclic amines) is 1. The van der Waals surface area contributed by atoms with Crippen LogP contribution in [-0.4, -0.2) is 36.6 Å². The third-order valence-electron chi connectivity index (χ3n) is 4.60. The largest absolute Gasteiger partial charge is 0.322 e. The fourth-order valence-electron chi connectivity index (χ4n) is 3.42. The summed E-state index contributed by atoms with van der Waals surface area (Å²) in [6.45, 7) is 5.96. The molecule has 0 spiro atoms. The van der Waals surface area contributed by atoms with Crippen molar-refractivity contribution in [3.63, 3.8) is 0 Å². The number of anilines is 2. The van der Waals surface area contributed by atoms with E-state index in [1.165, 1.54) is 12.8 Å². The van der Waals surface area contributed by atoms with Crippen LogP contribution >= 0.6 is 11.3 Å². The molecule has 0 aromatic carbocycles. The fraction of sp³-hybridized carbons (Fsp3) is 0.444. The molecule has 1 atom stereocenters. The molecule has 0 radical (unpaired) electrons. The van der Waals surface area contributed by atoms with Crippen molar-refractivity contribution in [3.05, 3.63) is 45.9 Å². The minimum atomic E-state index is 0.279. The zero-order chi connectivity index (χ0) is 17.9. The zero-order valence-corrected chi connectivity index (χ0v) is 15.9. The highest BCUT2D eigenvalue weighted by Gasteiger charge is 2.26. The first-order valence-electron chi connectivity index (χ1n) is 8.93. The second-order valence-electron chi connectivity index (χ2n) is 6.73. The van der Waals surface area contributed by atoms with E-state index in [2.05, 4.69) is 42.7 Å². The van der Waals surface area contributed by atoms with Gasteiger partial charge in [0, 0.05) is 23.7 Å². The lowest BCUT2D eigenvalue weighted by atomic mass is 9.99. The van der Waals surface area contributed by atoms with Crippen molar-refractivity contribution >= 4 is 23.0 Å². The van der Waals surface area contributed by atoms with Gasteiger partial charge in [0.25, 0.3) is 0 Å². The second-order valence-corrected chi connectivity index (χ2v) is 7.79. The van der Waals surface area contributed by atoms with Gasteiger partial charge in [0.1, 0.15) is 5.82 Å². The molecular weight excluding hydrogens is 346 g/mol. The van der Waals surface area contributed by atoms with Gasteiger partial charge in [0.15, 0.2) is 5.82 Å². The average molecular weight is 369 g/mol. The number of aromatic nitrogens is 5. The van der Waals surface area contributed by atoms with Gasteiger partial charge in [-0.25, -0.2) is 9.97 Å². The predicted molar refractivity (Wildman–Crippen MR) is 102 cm³/mol. The second kappa shape index (κ2) is 7.51. The zero-order valence-electron chi connectivity index (χ0n) is 15.1. The highest BCUT2D eigenvalue weighted by atomic mass is 32.1. The van der Waals surface area contributed by atoms with E-state index in [0.29, 0.717) is 0 Å². The highest BCUT2D eigenvalue weighted by molar-refractivity contribution is 7.09. The number of aryl methyl sites for hydroxylation is 2. The smallest absolute Gasteiger partial charge is 0.153 e. The molecule has 136 valence electrons. The van der Waals surface area contributed by atoms with E-state index < -0.39 is 0 Å². The molecule has 1 unspecified atom stereocenters. The molecular formula is C18H23N7S. The van der Waals surface area contributed by atoms with Crippen LogP contribution in [0.3, 0.4) is 0 Å². The van der Waals surface area contributed by atoms with Gasteiger partial charge in [-0.2, -0.15) is 5.10 Å². The Morgan fingerprint density at radius 3 is 2.92 bits per heavy atom. The molecule has 4 heterocycles. The molecule has 1 fully saturated rings. The normalized spacial score (nSPS) is 18.2. The lowest BCUT2D eigenvalue weighted by molar-refractivity contribution is 0.135. The Balaban J connectivity index is 1.53. The van der Waals surface area contributed by atoms with Crippen LogP contribution in [-0.2, 0) is 6.54 Å². The Hall–Kier alpha value is -2.32. The van der Waals surface area contributed by atoms with Crippen LogP contribution in [0, 0.1) is 13.8 Å². The average Bonchev–Trinajstić information content (AvgIpc) is 3.24. The van der Waals surface area contributed by atoms with E-state index in [4.69, 9.17) is 4.98 Å². The number of nitrogens with one attached hydrogen (secondary N) is 2. The molecule has 7 nitrogen and oxygen atoms in total. The van der Waals surface area contributed by atoms with Crippen LogP contribution in [0.1, 0.15) is 47.4 Å². The minimum absolute atomic E-state index is 0.279. The van der Waals surface area contributed by atoms with Crippen LogP contribution in [0.5, 0.6) is 0 Å². The summed E-state index contributed by atoms with van der Waals surface area (Å²) in [5.41, 5.74) is 3.16. The van der Waals surface area contributed by atoms with E-state index in [1.54, 1.807) is 17.5 Å². The maximum absolute atomic E-state index is 4.81. The monoisotopic (exact) mass is 369 g/mol. The molecule has 1 aliphatic heterocycles. The summed E-state index contributed by atoms with van der Waals surface area (Å²) in [4.78, 5) is 16.3. The first kappa shape index (κ1) is 17.1. The van der Waals surface area contributed by atoms with E-state index in [9.17, 15) is 0 Å². The van der Waals surface area contributed by atoms with Crippen molar-refractivity contribution in [1.29, 1.82) is 0 Å². The SMILES string of the molecule is Cc1cc(Nc2cncc(C3CCCCN3Cc3csc(C)n3)n2)n[nH]1. The molecule has 1 aliphatic rings. The quantitative estimate of drug-likeness (QED) is 0.713. The van der Waals surface area contributed by atoms with E-state index in [0.717, 1.165) is 53.2 Å². The number of aromatic amines is 1. The summed E-state index contributed by atoms with van der Waals surface area (Å²) < 4.78 is 0. The van der Waals surface area contributed by atoms with Gasteiger partial charge in [0.05, 0.1) is 34.8 Å². The molecule has 0 bridgehead atoms.